The molecule has 7 aromatic carbocycles. The Morgan fingerprint density at radius 3 is 1.72 bits per heavy atom. The first-order chi connectivity index (χ1) is 28.5. The molecule has 1 aliphatic heterocycles. The summed E-state index contributed by atoms with van der Waals surface area (Å²) in [6, 6.07) is 57.0. The summed E-state index contributed by atoms with van der Waals surface area (Å²) in [6.07, 6.45) is 3.54. The van der Waals surface area contributed by atoms with Crippen molar-refractivity contribution in [2.45, 2.75) is 9.79 Å². The molecule has 7 heteroatoms. The fourth-order valence-corrected chi connectivity index (χ4v) is 9.96. The lowest BCUT2D eigenvalue weighted by Crippen LogP contribution is -2.06. The summed E-state index contributed by atoms with van der Waals surface area (Å²) >= 11 is 0. The smallest absolute Gasteiger partial charge is 0.207 e. The van der Waals surface area contributed by atoms with Gasteiger partial charge in [-0.2, -0.15) is 0 Å². The highest BCUT2D eigenvalue weighted by atomic mass is 32.2. The maximum atomic E-state index is 15.5. The highest BCUT2D eigenvalue weighted by molar-refractivity contribution is 7.91. The number of hydrogen-bond donors (Lipinski definition) is 0. The van der Waals surface area contributed by atoms with E-state index in [1.54, 1.807) is 30.6 Å². The first-order valence-electron chi connectivity index (χ1n) is 19.0. The zero-order valence-electron chi connectivity index (χ0n) is 30.9. The lowest BCUT2D eigenvalue weighted by molar-refractivity contribution is 0.596. The minimum Gasteiger partial charge on any atom is -0.456 e. The van der Waals surface area contributed by atoms with E-state index in [9.17, 15) is 0 Å². The van der Waals surface area contributed by atoms with Crippen molar-refractivity contribution in [2.24, 2.45) is 0 Å². The van der Waals surface area contributed by atoms with Gasteiger partial charge in [-0.3, -0.25) is 4.98 Å². The maximum Gasteiger partial charge on any atom is 0.207 e. The second-order valence-electron chi connectivity index (χ2n) is 14.4. The van der Waals surface area contributed by atoms with Gasteiger partial charge in [-0.15, -0.1) is 0 Å². The third kappa shape index (κ3) is 5.47. The summed E-state index contributed by atoms with van der Waals surface area (Å²) in [5, 5.41) is 1.57. The van der Waals surface area contributed by atoms with Gasteiger partial charge in [0, 0.05) is 51.0 Å². The third-order valence-electron chi connectivity index (χ3n) is 11.0. The van der Waals surface area contributed by atoms with Gasteiger partial charge in [-0.25, -0.2) is 18.4 Å². The van der Waals surface area contributed by atoms with Crippen molar-refractivity contribution in [1.82, 2.24) is 15.0 Å². The molecule has 0 radical (unpaired) electrons. The van der Waals surface area contributed by atoms with Crippen LogP contribution in [0.2, 0.25) is 0 Å². The molecule has 0 amide bonds. The average Bonchev–Trinajstić information content (AvgIpc) is 3.66. The molecule has 0 N–H and O–H groups in total. The van der Waals surface area contributed by atoms with Crippen LogP contribution in [0.3, 0.4) is 0 Å². The predicted octanol–water partition coefficient (Wildman–Crippen LogP) is 12.6. The molecule has 0 aliphatic carbocycles. The molecule has 10 aromatic rings. The average molecular weight is 766 g/mol. The zero-order chi connectivity index (χ0) is 38.8. The van der Waals surface area contributed by atoms with Crippen LogP contribution in [0, 0.1) is 0 Å². The number of nitrogens with zero attached hydrogens (tertiary/aromatic N) is 3. The Labute approximate surface area is 334 Å². The first kappa shape index (κ1) is 33.8. The fourth-order valence-electron chi connectivity index (χ4n) is 8.27. The van der Waals surface area contributed by atoms with Crippen molar-refractivity contribution in [3.05, 3.63) is 188 Å². The van der Waals surface area contributed by atoms with E-state index in [4.69, 9.17) is 14.4 Å². The number of hydrogen-bond acceptors (Lipinski definition) is 6. The molecule has 0 saturated heterocycles. The van der Waals surface area contributed by atoms with E-state index in [1.165, 1.54) is 0 Å². The molecule has 11 rings (SSSR count). The Bertz CT molecular complexity index is 3300. The number of pyridine rings is 1. The van der Waals surface area contributed by atoms with Gasteiger partial charge in [0.15, 0.2) is 5.82 Å². The van der Waals surface area contributed by atoms with Gasteiger partial charge < -0.3 is 4.42 Å². The fraction of sp³-hybridized carbons (Fsp3) is 0. The van der Waals surface area contributed by atoms with Crippen LogP contribution in [-0.4, -0.2) is 23.4 Å². The predicted molar refractivity (Wildman–Crippen MR) is 231 cm³/mol. The summed E-state index contributed by atoms with van der Waals surface area (Å²) in [5.41, 5.74) is 11.7. The summed E-state index contributed by atoms with van der Waals surface area (Å²) in [4.78, 5) is 15.0. The van der Waals surface area contributed by atoms with Crippen LogP contribution in [-0.2, 0) is 9.84 Å². The summed E-state index contributed by atoms with van der Waals surface area (Å²) in [5.74, 6) is 0.496. The van der Waals surface area contributed by atoms with Crippen molar-refractivity contribution in [1.29, 1.82) is 0 Å². The molecule has 3 aromatic heterocycles. The molecule has 6 nitrogen and oxygen atoms in total. The van der Waals surface area contributed by atoms with Crippen molar-refractivity contribution in [2.75, 3.05) is 0 Å². The Hall–Kier alpha value is -7.48. The molecule has 0 saturated carbocycles. The van der Waals surface area contributed by atoms with Gasteiger partial charge in [0.25, 0.3) is 0 Å². The van der Waals surface area contributed by atoms with E-state index in [2.05, 4.69) is 29.2 Å². The normalized spacial score (nSPS) is 12.8. The lowest BCUT2D eigenvalue weighted by atomic mass is 9.86. The number of fused-ring (bicyclic) bond motifs is 12. The van der Waals surface area contributed by atoms with E-state index in [1.807, 2.05) is 133 Å². The molecule has 0 unspecified atom stereocenters. The number of benzene rings is 7. The molecule has 4 heterocycles. The van der Waals surface area contributed by atoms with E-state index < -0.39 is 9.84 Å². The van der Waals surface area contributed by atoms with Gasteiger partial charge in [-0.05, 0) is 81.9 Å². The van der Waals surface area contributed by atoms with E-state index in [-0.39, 0.29) is 9.79 Å². The van der Waals surface area contributed by atoms with Crippen LogP contribution >= 0.6 is 0 Å². The minimum absolute atomic E-state index is 0.185. The van der Waals surface area contributed by atoms with E-state index in [0.29, 0.717) is 33.7 Å². The lowest BCUT2D eigenvalue weighted by Gasteiger charge is -2.18. The molecule has 274 valence electrons. The van der Waals surface area contributed by atoms with Crippen LogP contribution in [0.25, 0.3) is 100 Å². The molecule has 0 fully saturated rings. The van der Waals surface area contributed by atoms with E-state index in [0.717, 1.165) is 66.7 Å². The van der Waals surface area contributed by atoms with Crippen molar-refractivity contribution >= 4 is 31.8 Å². The standard InChI is InChI=1S/C51H31N3O3S/c55-58(56)49-23-11-9-21-41(49)38-19-7-6-17-36(38)35-16-4-5-18-37(35)39-25-24-33(27-42(39)44-28-48-43(29-50(44)58)40-20-8-10-22-47(40)57-48)51-53-45(32-13-2-1-3-14-32)30-46(54-51)34-15-12-26-52-31-34/h1-31H. The van der Waals surface area contributed by atoms with Gasteiger partial charge in [0.05, 0.1) is 21.2 Å². The zero-order valence-corrected chi connectivity index (χ0v) is 31.7. The number of furan rings is 1. The molecule has 0 atom stereocenters. The van der Waals surface area contributed by atoms with Crippen LogP contribution in [0.4, 0.5) is 0 Å². The Morgan fingerprint density at radius 2 is 1.00 bits per heavy atom. The van der Waals surface area contributed by atoms with Crippen LogP contribution < -0.4 is 0 Å². The first-order valence-corrected chi connectivity index (χ1v) is 20.5. The quantitative estimate of drug-likeness (QED) is 0.178. The monoisotopic (exact) mass is 765 g/mol. The van der Waals surface area contributed by atoms with Crippen molar-refractivity contribution < 1.29 is 12.8 Å². The largest absolute Gasteiger partial charge is 0.456 e. The summed E-state index contributed by atoms with van der Waals surface area (Å²) in [6.45, 7) is 0. The second kappa shape index (κ2) is 13.3. The highest BCUT2D eigenvalue weighted by Gasteiger charge is 2.31. The number of sulfone groups is 1. The second-order valence-corrected chi connectivity index (χ2v) is 16.3. The van der Waals surface area contributed by atoms with Crippen molar-refractivity contribution in [3.63, 3.8) is 0 Å². The van der Waals surface area contributed by atoms with Gasteiger partial charge in [-0.1, -0.05) is 127 Å². The molecule has 0 bridgehead atoms. The van der Waals surface area contributed by atoms with Crippen LogP contribution in [0.5, 0.6) is 0 Å². The van der Waals surface area contributed by atoms with Gasteiger partial charge >= 0.3 is 0 Å². The Morgan fingerprint density at radius 1 is 0.397 bits per heavy atom. The van der Waals surface area contributed by atoms with Crippen LogP contribution in [0.1, 0.15) is 0 Å². The number of rotatable bonds is 3. The minimum atomic E-state index is -4.17. The summed E-state index contributed by atoms with van der Waals surface area (Å²) < 4.78 is 37.5. The third-order valence-corrected chi connectivity index (χ3v) is 12.8. The molecule has 1 aliphatic rings. The van der Waals surface area contributed by atoms with E-state index >= 15 is 8.42 Å². The highest BCUT2D eigenvalue weighted by Crippen LogP contribution is 2.49. The SMILES string of the molecule is O=S1(=O)c2ccccc2-c2ccccc2-c2ccccc2-c2ccc(-c3nc(-c4ccccc4)cc(-c4cccnc4)n3)cc2-c2cc3oc4ccccc4c3cc21. The number of para-hydroxylation sites is 1. The molecular weight excluding hydrogens is 735 g/mol. The summed E-state index contributed by atoms with van der Waals surface area (Å²) in [7, 11) is -4.17. The molecule has 58 heavy (non-hydrogen) atoms. The molecular formula is C51H31N3O3S. The maximum absolute atomic E-state index is 15.5. The number of aromatic nitrogens is 3. The van der Waals surface area contributed by atoms with Crippen molar-refractivity contribution in [3.8, 4) is 78.4 Å². The van der Waals surface area contributed by atoms with Gasteiger partial charge in [0.2, 0.25) is 9.84 Å². The Kier molecular flexibility index (Phi) is 7.77. The van der Waals surface area contributed by atoms with Crippen LogP contribution in [0.15, 0.2) is 203 Å². The molecule has 0 spiro atoms. The van der Waals surface area contributed by atoms with Gasteiger partial charge in [0.1, 0.15) is 11.2 Å². The topological polar surface area (TPSA) is 86.0 Å². The Balaban J connectivity index is 1.27.